The van der Waals surface area contributed by atoms with Crippen molar-refractivity contribution in [2.45, 2.75) is 19.8 Å². The van der Waals surface area contributed by atoms with Gasteiger partial charge in [-0.05, 0) is 36.2 Å². The molecule has 2 amide bonds. The van der Waals surface area contributed by atoms with E-state index >= 15 is 0 Å². The number of amides is 2. The Hall–Kier alpha value is -2.76. The standard InChI is InChI=1S/C18H18F2N2O2/c1-2-12-4-3-5-14(10-12)22-17(23)8-9-21-18(24)15-7-6-13(19)11-16(15)20/h3-7,10-11H,2,8-9H2,1H3,(H,21,24)(H,22,23). The van der Waals surface area contributed by atoms with E-state index in [0.717, 1.165) is 24.1 Å². The summed E-state index contributed by atoms with van der Waals surface area (Å²) in [5, 5.41) is 5.17. The topological polar surface area (TPSA) is 58.2 Å². The molecule has 0 unspecified atom stereocenters. The van der Waals surface area contributed by atoms with Gasteiger partial charge in [0.15, 0.2) is 0 Å². The molecule has 2 N–H and O–H groups in total. The highest BCUT2D eigenvalue weighted by Crippen LogP contribution is 2.11. The van der Waals surface area contributed by atoms with E-state index in [1.807, 2.05) is 25.1 Å². The minimum atomic E-state index is -0.937. The first-order chi connectivity index (χ1) is 11.5. The van der Waals surface area contributed by atoms with Gasteiger partial charge in [-0.2, -0.15) is 0 Å². The van der Waals surface area contributed by atoms with Gasteiger partial charge in [0.1, 0.15) is 11.6 Å². The van der Waals surface area contributed by atoms with Gasteiger partial charge in [0.2, 0.25) is 5.91 Å². The molecule has 2 rings (SSSR count). The Kier molecular flexibility index (Phi) is 6.01. The van der Waals surface area contributed by atoms with Crippen LogP contribution in [-0.4, -0.2) is 18.4 Å². The van der Waals surface area contributed by atoms with Crippen LogP contribution in [0.25, 0.3) is 0 Å². The number of anilines is 1. The van der Waals surface area contributed by atoms with E-state index < -0.39 is 17.5 Å². The predicted molar refractivity (Wildman–Crippen MR) is 87.8 cm³/mol. The van der Waals surface area contributed by atoms with Crippen molar-refractivity contribution in [3.05, 3.63) is 65.2 Å². The van der Waals surface area contributed by atoms with Gasteiger partial charge in [-0.25, -0.2) is 8.78 Å². The third kappa shape index (κ3) is 4.87. The molecule has 0 radical (unpaired) electrons. The maximum absolute atomic E-state index is 13.5. The lowest BCUT2D eigenvalue weighted by atomic mass is 10.1. The van der Waals surface area contributed by atoms with Crippen molar-refractivity contribution >= 4 is 17.5 Å². The molecule has 4 nitrogen and oxygen atoms in total. The van der Waals surface area contributed by atoms with Crippen molar-refractivity contribution < 1.29 is 18.4 Å². The molecule has 0 aliphatic carbocycles. The summed E-state index contributed by atoms with van der Waals surface area (Å²) in [5.41, 5.74) is 1.54. The molecular formula is C18H18F2N2O2. The van der Waals surface area contributed by atoms with Crippen LogP contribution in [-0.2, 0) is 11.2 Å². The number of hydrogen-bond donors (Lipinski definition) is 2. The average molecular weight is 332 g/mol. The zero-order valence-corrected chi connectivity index (χ0v) is 13.2. The van der Waals surface area contributed by atoms with Gasteiger partial charge in [0.25, 0.3) is 5.91 Å². The first-order valence-electron chi connectivity index (χ1n) is 7.61. The van der Waals surface area contributed by atoms with Crippen LogP contribution in [0, 0.1) is 11.6 Å². The summed E-state index contributed by atoms with van der Waals surface area (Å²) >= 11 is 0. The fourth-order valence-electron chi connectivity index (χ4n) is 2.15. The largest absolute Gasteiger partial charge is 0.351 e. The Balaban J connectivity index is 1.82. The molecule has 0 aliphatic rings. The van der Waals surface area contributed by atoms with E-state index in [0.29, 0.717) is 11.8 Å². The SMILES string of the molecule is CCc1cccc(NC(=O)CCNC(=O)c2ccc(F)cc2F)c1. The highest BCUT2D eigenvalue weighted by molar-refractivity contribution is 5.95. The fraction of sp³-hybridized carbons (Fsp3) is 0.222. The number of rotatable bonds is 6. The van der Waals surface area contributed by atoms with Crippen LogP contribution in [0.5, 0.6) is 0 Å². The number of nitrogens with one attached hydrogen (secondary N) is 2. The van der Waals surface area contributed by atoms with Crippen LogP contribution in [0.1, 0.15) is 29.3 Å². The number of hydrogen-bond acceptors (Lipinski definition) is 2. The molecule has 24 heavy (non-hydrogen) atoms. The third-order valence-corrected chi connectivity index (χ3v) is 3.43. The summed E-state index contributed by atoms with van der Waals surface area (Å²) in [4.78, 5) is 23.7. The maximum Gasteiger partial charge on any atom is 0.254 e. The van der Waals surface area contributed by atoms with Crippen LogP contribution in [0.3, 0.4) is 0 Å². The smallest absolute Gasteiger partial charge is 0.254 e. The van der Waals surface area contributed by atoms with Crippen molar-refractivity contribution in [3.8, 4) is 0 Å². The van der Waals surface area contributed by atoms with E-state index in [-0.39, 0.29) is 24.4 Å². The Morgan fingerprint density at radius 2 is 1.88 bits per heavy atom. The second-order valence-electron chi connectivity index (χ2n) is 5.23. The second-order valence-corrected chi connectivity index (χ2v) is 5.23. The number of halogens is 2. The van der Waals surface area contributed by atoms with Crippen molar-refractivity contribution in [2.75, 3.05) is 11.9 Å². The quantitative estimate of drug-likeness (QED) is 0.853. The molecule has 6 heteroatoms. The highest BCUT2D eigenvalue weighted by Gasteiger charge is 2.12. The van der Waals surface area contributed by atoms with Crippen LogP contribution in [0.2, 0.25) is 0 Å². The van der Waals surface area contributed by atoms with E-state index in [1.54, 1.807) is 6.07 Å². The predicted octanol–water partition coefficient (Wildman–Crippen LogP) is 3.29. The van der Waals surface area contributed by atoms with Crippen molar-refractivity contribution in [1.29, 1.82) is 0 Å². The Labute approximate surface area is 138 Å². The zero-order chi connectivity index (χ0) is 17.5. The fourth-order valence-corrected chi connectivity index (χ4v) is 2.15. The van der Waals surface area contributed by atoms with Crippen LogP contribution < -0.4 is 10.6 Å². The molecule has 0 heterocycles. The normalized spacial score (nSPS) is 10.3. The van der Waals surface area contributed by atoms with Crippen LogP contribution in [0.15, 0.2) is 42.5 Å². The van der Waals surface area contributed by atoms with Crippen molar-refractivity contribution in [3.63, 3.8) is 0 Å². The molecule has 0 saturated heterocycles. The molecule has 0 fully saturated rings. The van der Waals surface area contributed by atoms with Gasteiger partial charge in [0, 0.05) is 24.7 Å². The number of benzene rings is 2. The molecule has 2 aromatic carbocycles. The summed E-state index contributed by atoms with van der Waals surface area (Å²) in [6.07, 6.45) is 0.911. The summed E-state index contributed by atoms with van der Waals surface area (Å²) in [6, 6.07) is 10.2. The first kappa shape index (κ1) is 17.6. The summed E-state index contributed by atoms with van der Waals surface area (Å²) < 4.78 is 26.3. The molecule has 0 atom stereocenters. The average Bonchev–Trinajstić information content (AvgIpc) is 2.54. The van der Waals surface area contributed by atoms with Gasteiger partial charge in [-0.3, -0.25) is 9.59 Å². The van der Waals surface area contributed by atoms with E-state index in [2.05, 4.69) is 10.6 Å². The molecule has 0 spiro atoms. The van der Waals surface area contributed by atoms with Gasteiger partial charge in [-0.15, -0.1) is 0 Å². The molecule has 0 aromatic heterocycles. The summed E-state index contributed by atoms with van der Waals surface area (Å²) in [5.74, 6) is -2.64. The van der Waals surface area contributed by atoms with Gasteiger partial charge >= 0.3 is 0 Å². The van der Waals surface area contributed by atoms with E-state index in [9.17, 15) is 18.4 Å². The monoisotopic (exact) mass is 332 g/mol. The van der Waals surface area contributed by atoms with Gasteiger partial charge < -0.3 is 10.6 Å². The van der Waals surface area contributed by atoms with Crippen molar-refractivity contribution in [1.82, 2.24) is 5.32 Å². The first-order valence-corrected chi connectivity index (χ1v) is 7.61. The van der Waals surface area contributed by atoms with E-state index in [4.69, 9.17) is 0 Å². The van der Waals surface area contributed by atoms with Crippen LogP contribution in [0.4, 0.5) is 14.5 Å². The maximum atomic E-state index is 13.5. The number of aryl methyl sites for hydroxylation is 1. The molecule has 0 saturated carbocycles. The number of carbonyl (C=O) groups is 2. The number of carbonyl (C=O) groups excluding carboxylic acids is 2. The second kappa shape index (κ2) is 8.19. The minimum Gasteiger partial charge on any atom is -0.351 e. The third-order valence-electron chi connectivity index (χ3n) is 3.43. The lowest BCUT2D eigenvalue weighted by molar-refractivity contribution is -0.116. The highest BCUT2D eigenvalue weighted by atomic mass is 19.1. The van der Waals surface area contributed by atoms with Crippen molar-refractivity contribution in [2.24, 2.45) is 0 Å². The Morgan fingerprint density at radius 1 is 1.08 bits per heavy atom. The molecule has 0 bridgehead atoms. The molecule has 2 aromatic rings. The molecular weight excluding hydrogens is 314 g/mol. The molecule has 0 aliphatic heterocycles. The summed E-state index contributed by atoms with van der Waals surface area (Å²) in [7, 11) is 0. The minimum absolute atomic E-state index is 0.0465. The molecule has 126 valence electrons. The van der Waals surface area contributed by atoms with E-state index in [1.165, 1.54) is 0 Å². The van der Waals surface area contributed by atoms with Crippen LogP contribution >= 0.6 is 0 Å². The lowest BCUT2D eigenvalue weighted by Gasteiger charge is -2.08. The summed E-state index contributed by atoms with van der Waals surface area (Å²) in [6.45, 7) is 2.07. The van der Waals surface area contributed by atoms with Gasteiger partial charge in [0.05, 0.1) is 5.56 Å². The zero-order valence-electron chi connectivity index (χ0n) is 13.2. The Morgan fingerprint density at radius 3 is 2.58 bits per heavy atom. The lowest BCUT2D eigenvalue weighted by Crippen LogP contribution is -2.28. The Bertz CT molecular complexity index is 748. The van der Waals surface area contributed by atoms with Gasteiger partial charge in [-0.1, -0.05) is 19.1 Å².